The Bertz CT molecular complexity index is 1070. The van der Waals surface area contributed by atoms with E-state index in [9.17, 15) is 30.0 Å². The molecule has 0 saturated heterocycles. The molecule has 8 heteroatoms. The van der Waals surface area contributed by atoms with Crippen molar-refractivity contribution >= 4 is 17.5 Å². The molecule has 2 aromatic carbocycles. The van der Waals surface area contributed by atoms with Crippen molar-refractivity contribution in [2.24, 2.45) is 0 Å². The molecule has 0 saturated carbocycles. The quantitative estimate of drug-likeness (QED) is 0.162. The number of H-pyrrole nitrogens is 1. The first-order valence-corrected chi connectivity index (χ1v) is 10.3. The van der Waals surface area contributed by atoms with E-state index in [-0.39, 0.29) is 39.9 Å². The number of Topliss-reactive ketones (excluding diaryl/α,β-unsaturated/α-hetero) is 1. The Kier molecular flexibility index (Phi) is 7.64. The topological polar surface area (TPSA) is 143 Å². The Balaban J connectivity index is 1.56. The molecule has 1 amide bonds. The van der Waals surface area contributed by atoms with Gasteiger partial charge in [-0.3, -0.25) is 9.59 Å². The Morgan fingerprint density at radius 1 is 0.906 bits per heavy atom. The van der Waals surface area contributed by atoms with Crippen LogP contribution in [0.1, 0.15) is 63.9 Å². The Morgan fingerprint density at radius 3 is 2.25 bits per heavy atom. The Labute approximate surface area is 185 Å². The molecule has 0 fully saturated rings. The SMILES string of the molecule is O=C(CCCCCc1ccc(O)cc1)c1ccccc1C(=O)Nc1[nH]c(C(O)O)cc1O. The number of aromatic hydroxyl groups is 2. The van der Waals surface area contributed by atoms with Crippen LogP contribution in [0.15, 0.2) is 54.6 Å². The lowest BCUT2D eigenvalue weighted by atomic mass is 9.98. The van der Waals surface area contributed by atoms with Gasteiger partial charge in [-0.05, 0) is 43.0 Å². The Hall–Kier alpha value is -3.62. The lowest BCUT2D eigenvalue weighted by molar-refractivity contribution is -0.0454. The molecule has 8 nitrogen and oxygen atoms in total. The maximum absolute atomic E-state index is 12.7. The minimum Gasteiger partial charge on any atom is -0.508 e. The van der Waals surface area contributed by atoms with E-state index >= 15 is 0 Å². The number of unbranched alkanes of at least 4 members (excludes halogenated alkanes) is 2. The smallest absolute Gasteiger partial charge is 0.257 e. The fourth-order valence-corrected chi connectivity index (χ4v) is 3.39. The second kappa shape index (κ2) is 10.6. The normalized spacial score (nSPS) is 11.0. The van der Waals surface area contributed by atoms with E-state index in [2.05, 4.69) is 10.3 Å². The number of anilines is 1. The molecule has 1 heterocycles. The number of aliphatic hydroxyl groups is 2. The van der Waals surface area contributed by atoms with Crippen LogP contribution in [-0.2, 0) is 6.42 Å². The monoisotopic (exact) mass is 438 g/mol. The number of hydrogen-bond donors (Lipinski definition) is 6. The fraction of sp³-hybridized carbons (Fsp3) is 0.250. The van der Waals surface area contributed by atoms with Crippen LogP contribution in [0.2, 0.25) is 0 Å². The van der Waals surface area contributed by atoms with Crippen molar-refractivity contribution in [1.82, 2.24) is 4.98 Å². The maximum Gasteiger partial charge on any atom is 0.257 e. The van der Waals surface area contributed by atoms with Gasteiger partial charge in [-0.15, -0.1) is 0 Å². The number of carbonyl (C=O) groups excluding carboxylic acids is 2. The summed E-state index contributed by atoms with van der Waals surface area (Å²) in [5, 5.41) is 40.0. The molecule has 0 aliphatic rings. The van der Waals surface area contributed by atoms with E-state index in [4.69, 9.17) is 0 Å². The zero-order chi connectivity index (χ0) is 23.1. The molecule has 3 rings (SSSR count). The van der Waals surface area contributed by atoms with E-state index in [1.54, 1.807) is 30.3 Å². The summed E-state index contributed by atoms with van der Waals surface area (Å²) >= 11 is 0. The average Bonchev–Trinajstić information content (AvgIpc) is 3.15. The molecular formula is C24H26N2O6. The predicted octanol–water partition coefficient (Wildman–Crippen LogP) is 3.65. The lowest BCUT2D eigenvalue weighted by Gasteiger charge is -2.09. The maximum atomic E-state index is 12.7. The number of amides is 1. The van der Waals surface area contributed by atoms with Crippen LogP contribution in [0.5, 0.6) is 11.5 Å². The van der Waals surface area contributed by atoms with Crippen LogP contribution in [0.4, 0.5) is 5.82 Å². The first-order chi connectivity index (χ1) is 15.3. The average molecular weight is 438 g/mol. The molecule has 1 aromatic heterocycles. The summed E-state index contributed by atoms with van der Waals surface area (Å²) in [6.07, 6.45) is 1.78. The number of aromatic amines is 1. The number of aryl methyl sites for hydroxylation is 1. The predicted molar refractivity (Wildman–Crippen MR) is 119 cm³/mol. The summed E-state index contributed by atoms with van der Waals surface area (Å²) in [6, 6.07) is 14.6. The molecule has 0 radical (unpaired) electrons. The van der Waals surface area contributed by atoms with Crippen LogP contribution >= 0.6 is 0 Å². The third-order valence-electron chi connectivity index (χ3n) is 5.11. The van der Waals surface area contributed by atoms with Crippen molar-refractivity contribution in [2.45, 2.75) is 38.4 Å². The van der Waals surface area contributed by atoms with Gasteiger partial charge in [0.2, 0.25) is 0 Å². The van der Waals surface area contributed by atoms with Gasteiger partial charge in [-0.25, -0.2) is 0 Å². The highest BCUT2D eigenvalue weighted by Crippen LogP contribution is 2.27. The molecule has 0 atom stereocenters. The number of phenols is 1. The van der Waals surface area contributed by atoms with Gasteiger partial charge >= 0.3 is 0 Å². The highest BCUT2D eigenvalue weighted by Gasteiger charge is 2.19. The summed E-state index contributed by atoms with van der Waals surface area (Å²) < 4.78 is 0. The number of carbonyl (C=O) groups is 2. The van der Waals surface area contributed by atoms with Gasteiger partial charge in [0.05, 0.1) is 11.3 Å². The number of benzene rings is 2. The summed E-state index contributed by atoms with van der Waals surface area (Å²) in [6.45, 7) is 0. The largest absolute Gasteiger partial charge is 0.508 e. The van der Waals surface area contributed by atoms with Gasteiger partial charge in [0.25, 0.3) is 5.91 Å². The first kappa shape index (κ1) is 23.1. The fourth-order valence-electron chi connectivity index (χ4n) is 3.39. The third kappa shape index (κ3) is 5.96. The van der Waals surface area contributed by atoms with Gasteiger partial charge in [-0.1, -0.05) is 36.8 Å². The standard InChI is InChI=1S/C24H26N2O6/c27-16-12-10-15(11-13-16)6-2-1-3-9-20(28)17-7-4-5-8-18(17)23(30)26-22-21(29)14-19(25-22)24(31)32/h4-5,7-8,10-14,24-25,27,29,31-32H,1-3,6,9H2,(H,26,30). The second-order valence-corrected chi connectivity index (χ2v) is 7.51. The van der Waals surface area contributed by atoms with E-state index < -0.39 is 12.2 Å². The Morgan fingerprint density at radius 2 is 1.59 bits per heavy atom. The number of rotatable bonds is 10. The van der Waals surface area contributed by atoms with E-state index in [1.807, 2.05) is 12.1 Å². The van der Waals surface area contributed by atoms with Crippen LogP contribution < -0.4 is 5.32 Å². The van der Waals surface area contributed by atoms with Gasteiger partial charge < -0.3 is 30.7 Å². The van der Waals surface area contributed by atoms with Crippen molar-refractivity contribution in [3.8, 4) is 11.5 Å². The van der Waals surface area contributed by atoms with E-state index in [0.717, 1.165) is 30.9 Å². The summed E-state index contributed by atoms with van der Waals surface area (Å²) in [5.41, 5.74) is 1.51. The summed E-state index contributed by atoms with van der Waals surface area (Å²) in [7, 11) is 0. The molecule has 0 aliphatic heterocycles. The van der Waals surface area contributed by atoms with E-state index in [0.29, 0.717) is 12.8 Å². The van der Waals surface area contributed by atoms with Crippen LogP contribution in [0, 0.1) is 0 Å². The minimum absolute atomic E-state index is 0.0746. The van der Waals surface area contributed by atoms with Gasteiger partial charge in [0.1, 0.15) is 5.75 Å². The highest BCUT2D eigenvalue weighted by molar-refractivity contribution is 6.12. The molecule has 32 heavy (non-hydrogen) atoms. The molecule has 168 valence electrons. The molecule has 0 unspecified atom stereocenters. The van der Waals surface area contributed by atoms with Crippen molar-refractivity contribution in [3.63, 3.8) is 0 Å². The van der Waals surface area contributed by atoms with Crippen LogP contribution in [0.3, 0.4) is 0 Å². The molecule has 0 aliphatic carbocycles. The number of nitrogens with one attached hydrogen (secondary N) is 2. The molecule has 6 N–H and O–H groups in total. The summed E-state index contributed by atoms with van der Waals surface area (Å²) in [5.74, 6) is -0.951. The van der Waals surface area contributed by atoms with Crippen molar-refractivity contribution in [3.05, 3.63) is 77.0 Å². The van der Waals surface area contributed by atoms with Gasteiger partial charge in [-0.2, -0.15) is 0 Å². The number of aliphatic hydroxyl groups excluding tert-OH is 1. The zero-order valence-corrected chi connectivity index (χ0v) is 17.4. The number of ketones is 1. The van der Waals surface area contributed by atoms with Crippen molar-refractivity contribution < 1.29 is 30.0 Å². The van der Waals surface area contributed by atoms with Gasteiger partial charge in [0, 0.05) is 18.1 Å². The highest BCUT2D eigenvalue weighted by atomic mass is 16.5. The number of phenolic OH excluding ortho intramolecular Hbond substituents is 1. The lowest BCUT2D eigenvalue weighted by Crippen LogP contribution is -2.17. The summed E-state index contributed by atoms with van der Waals surface area (Å²) in [4.78, 5) is 27.9. The third-order valence-corrected chi connectivity index (χ3v) is 5.11. The molecule has 0 bridgehead atoms. The number of hydrogen-bond acceptors (Lipinski definition) is 6. The van der Waals surface area contributed by atoms with Gasteiger partial charge in [0.15, 0.2) is 23.6 Å². The molecular weight excluding hydrogens is 412 g/mol. The van der Waals surface area contributed by atoms with Crippen molar-refractivity contribution in [2.75, 3.05) is 5.32 Å². The van der Waals surface area contributed by atoms with E-state index in [1.165, 1.54) is 6.07 Å². The van der Waals surface area contributed by atoms with Crippen LogP contribution in [-0.4, -0.2) is 37.1 Å². The first-order valence-electron chi connectivity index (χ1n) is 10.3. The zero-order valence-electron chi connectivity index (χ0n) is 17.4. The van der Waals surface area contributed by atoms with Crippen molar-refractivity contribution in [1.29, 1.82) is 0 Å². The second-order valence-electron chi connectivity index (χ2n) is 7.51. The number of aromatic nitrogens is 1. The molecule has 0 spiro atoms. The van der Waals surface area contributed by atoms with Crippen LogP contribution in [0.25, 0.3) is 0 Å². The minimum atomic E-state index is -1.82. The molecule has 3 aromatic rings.